The van der Waals surface area contributed by atoms with Gasteiger partial charge in [-0.15, -0.1) is 0 Å². The summed E-state index contributed by atoms with van der Waals surface area (Å²) in [5.41, 5.74) is 8.35. The zero-order chi connectivity index (χ0) is 38.5. The van der Waals surface area contributed by atoms with Crippen LogP contribution in [0.4, 0.5) is 0 Å². The minimum absolute atomic E-state index is 0.214. The molecule has 6 nitrogen and oxygen atoms in total. The minimum atomic E-state index is -0.593. The standard InChI is InChI=1S/C47H50O6/c1-32(2)38-19-12-13-20-39(38)33(3)26-28-47(30-37-18-10-11-24-43(37)45(48)51-8,29-27-34(4)40-21-14-15-22-41(40)35(5)50-7)31-53-36(6)42-23-16-17-25-44(42)46(49)52-9/h10-25H,1,3-6,26-31H2,2,7-9H3. The zero-order valence-electron chi connectivity index (χ0n) is 31.5. The van der Waals surface area contributed by atoms with Crippen molar-refractivity contribution in [2.24, 2.45) is 5.41 Å². The quantitative estimate of drug-likeness (QED) is 0.0713. The molecule has 0 N–H and O–H groups in total. The molecule has 4 aromatic rings. The van der Waals surface area contributed by atoms with Crippen LogP contribution in [0.15, 0.2) is 130 Å². The number of esters is 2. The normalized spacial score (nSPS) is 11.8. The van der Waals surface area contributed by atoms with Crippen molar-refractivity contribution in [1.82, 2.24) is 0 Å². The number of carbonyl (C=O) groups excluding carboxylic acids is 2. The maximum Gasteiger partial charge on any atom is 0.338 e. The number of hydrogen-bond donors (Lipinski definition) is 0. The van der Waals surface area contributed by atoms with E-state index in [0.717, 1.165) is 44.5 Å². The van der Waals surface area contributed by atoms with Crippen LogP contribution >= 0.6 is 0 Å². The van der Waals surface area contributed by atoms with E-state index in [-0.39, 0.29) is 6.61 Å². The summed E-state index contributed by atoms with van der Waals surface area (Å²) in [5.74, 6) is -0.00759. The molecule has 0 saturated carbocycles. The van der Waals surface area contributed by atoms with Gasteiger partial charge >= 0.3 is 11.9 Å². The molecule has 0 aliphatic carbocycles. The zero-order valence-corrected chi connectivity index (χ0v) is 31.5. The third kappa shape index (κ3) is 9.92. The molecule has 0 aliphatic heterocycles. The van der Waals surface area contributed by atoms with Crippen molar-refractivity contribution in [3.8, 4) is 0 Å². The molecule has 1 atom stereocenters. The van der Waals surface area contributed by atoms with Crippen molar-refractivity contribution in [2.45, 2.75) is 39.0 Å². The minimum Gasteiger partial charge on any atom is -0.497 e. The second-order valence-corrected chi connectivity index (χ2v) is 13.3. The summed E-state index contributed by atoms with van der Waals surface area (Å²) < 4.78 is 22.4. The highest BCUT2D eigenvalue weighted by atomic mass is 16.5. The van der Waals surface area contributed by atoms with E-state index in [4.69, 9.17) is 18.9 Å². The molecular weight excluding hydrogens is 661 g/mol. The van der Waals surface area contributed by atoms with Gasteiger partial charge in [-0.1, -0.05) is 123 Å². The van der Waals surface area contributed by atoms with Crippen LogP contribution in [0, 0.1) is 5.41 Å². The summed E-state index contributed by atoms with van der Waals surface area (Å²) in [6, 6.07) is 30.6. The Morgan fingerprint density at radius 1 is 0.528 bits per heavy atom. The lowest BCUT2D eigenvalue weighted by Gasteiger charge is -2.36. The van der Waals surface area contributed by atoms with Gasteiger partial charge in [-0.3, -0.25) is 0 Å². The van der Waals surface area contributed by atoms with Gasteiger partial charge in [-0.2, -0.15) is 0 Å². The number of methoxy groups -OCH3 is 3. The summed E-state index contributed by atoms with van der Waals surface area (Å²) in [6.07, 6.45) is 2.95. The number of hydrogen-bond acceptors (Lipinski definition) is 6. The van der Waals surface area contributed by atoms with Crippen LogP contribution in [0.2, 0.25) is 0 Å². The van der Waals surface area contributed by atoms with E-state index in [9.17, 15) is 9.59 Å². The third-order valence-corrected chi connectivity index (χ3v) is 9.71. The molecule has 0 heterocycles. The fourth-order valence-corrected chi connectivity index (χ4v) is 6.63. The van der Waals surface area contributed by atoms with E-state index in [0.29, 0.717) is 60.3 Å². The van der Waals surface area contributed by atoms with Gasteiger partial charge in [0.25, 0.3) is 0 Å². The predicted molar refractivity (Wildman–Crippen MR) is 217 cm³/mol. The highest BCUT2D eigenvalue weighted by molar-refractivity contribution is 5.94. The van der Waals surface area contributed by atoms with E-state index in [2.05, 4.69) is 45.0 Å². The van der Waals surface area contributed by atoms with Crippen molar-refractivity contribution in [3.63, 3.8) is 0 Å². The molecule has 0 aliphatic rings. The molecule has 0 fully saturated rings. The molecule has 4 aromatic carbocycles. The molecule has 0 saturated heterocycles. The molecule has 274 valence electrons. The molecule has 4 rings (SSSR count). The van der Waals surface area contributed by atoms with Crippen LogP contribution in [-0.2, 0) is 25.4 Å². The van der Waals surface area contributed by atoms with E-state index in [1.807, 2.05) is 67.6 Å². The average molecular weight is 711 g/mol. The Balaban J connectivity index is 1.81. The second-order valence-electron chi connectivity index (χ2n) is 13.3. The topological polar surface area (TPSA) is 71.1 Å². The summed E-state index contributed by atoms with van der Waals surface area (Å²) in [4.78, 5) is 25.8. The van der Waals surface area contributed by atoms with Crippen LogP contribution in [0.3, 0.4) is 0 Å². The Morgan fingerprint density at radius 2 is 0.943 bits per heavy atom. The Morgan fingerprint density at radius 3 is 1.45 bits per heavy atom. The van der Waals surface area contributed by atoms with E-state index in [1.54, 1.807) is 31.4 Å². The van der Waals surface area contributed by atoms with Crippen LogP contribution in [0.1, 0.15) is 86.7 Å². The van der Waals surface area contributed by atoms with E-state index in [1.165, 1.54) is 14.2 Å². The second kappa shape index (κ2) is 18.6. The fraction of sp³-hybridized carbons (Fsp3) is 0.234. The van der Waals surface area contributed by atoms with Gasteiger partial charge in [-0.05, 0) is 84.6 Å². The number of carbonyl (C=O) groups is 2. The Hall–Kier alpha value is -5.88. The van der Waals surface area contributed by atoms with Crippen molar-refractivity contribution in [2.75, 3.05) is 27.9 Å². The summed E-state index contributed by atoms with van der Waals surface area (Å²) in [7, 11) is 4.34. The molecule has 0 aromatic heterocycles. The monoisotopic (exact) mass is 710 g/mol. The lowest BCUT2D eigenvalue weighted by molar-refractivity contribution is 0.0590. The fourth-order valence-electron chi connectivity index (χ4n) is 6.63. The van der Waals surface area contributed by atoms with Crippen molar-refractivity contribution >= 4 is 40.2 Å². The third-order valence-electron chi connectivity index (χ3n) is 9.71. The number of benzene rings is 4. The van der Waals surface area contributed by atoms with Crippen LogP contribution in [-0.4, -0.2) is 39.9 Å². The van der Waals surface area contributed by atoms with Crippen molar-refractivity contribution in [1.29, 1.82) is 0 Å². The molecule has 1 unspecified atom stereocenters. The first-order valence-electron chi connectivity index (χ1n) is 17.5. The molecule has 0 bridgehead atoms. The van der Waals surface area contributed by atoms with Crippen LogP contribution < -0.4 is 0 Å². The van der Waals surface area contributed by atoms with Crippen LogP contribution in [0.25, 0.3) is 28.2 Å². The Bertz CT molecular complexity index is 1940. The van der Waals surface area contributed by atoms with Gasteiger partial charge in [0.2, 0.25) is 0 Å². The van der Waals surface area contributed by atoms with Gasteiger partial charge < -0.3 is 18.9 Å². The first-order chi connectivity index (χ1) is 25.4. The van der Waals surface area contributed by atoms with Crippen LogP contribution in [0.5, 0.6) is 0 Å². The maximum atomic E-state index is 13.1. The predicted octanol–water partition coefficient (Wildman–Crippen LogP) is 11.1. The first kappa shape index (κ1) is 39.9. The summed E-state index contributed by atoms with van der Waals surface area (Å²) in [5, 5.41) is 0. The van der Waals surface area contributed by atoms with Gasteiger partial charge in [-0.25, -0.2) is 9.59 Å². The molecule has 53 heavy (non-hydrogen) atoms. The molecule has 0 radical (unpaired) electrons. The van der Waals surface area contributed by atoms with Crippen molar-refractivity contribution < 1.29 is 28.5 Å². The number of allylic oxidation sites excluding steroid dienone is 3. The average Bonchev–Trinajstić information content (AvgIpc) is 3.20. The lowest BCUT2D eigenvalue weighted by atomic mass is 9.72. The summed E-state index contributed by atoms with van der Waals surface area (Å²) in [6.45, 7) is 23.8. The highest BCUT2D eigenvalue weighted by Gasteiger charge is 2.34. The number of ether oxygens (including phenoxy) is 4. The Kier molecular flexibility index (Phi) is 14.0. The van der Waals surface area contributed by atoms with Gasteiger partial charge in [0.05, 0.1) is 39.1 Å². The first-order valence-corrected chi connectivity index (χ1v) is 17.5. The van der Waals surface area contributed by atoms with Gasteiger partial charge in [0, 0.05) is 16.5 Å². The summed E-state index contributed by atoms with van der Waals surface area (Å²) >= 11 is 0. The van der Waals surface area contributed by atoms with Crippen molar-refractivity contribution in [3.05, 3.63) is 174 Å². The molecule has 0 amide bonds. The number of rotatable bonds is 19. The van der Waals surface area contributed by atoms with E-state index >= 15 is 0 Å². The van der Waals surface area contributed by atoms with Gasteiger partial charge in [0.1, 0.15) is 11.5 Å². The maximum absolute atomic E-state index is 13.1. The largest absolute Gasteiger partial charge is 0.497 e. The van der Waals surface area contributed by atoms with Gasteiger partial charge in [0.15, 0.2) is 0 Å². The van der Waals surface area contributed by atoms with E-state index < -0.39 is 17.4 Å². The smallest absolute Gasteiger partial charge is 0.338 e. The Labute approximate surface area is 314 Å². The molecule has 6 heteroatoms. The highest BCUT2D eigenvalue weighted by Crippen LogP contribution is 2.42. The molecule has 0 spiro atoms. The molecular formula is C47H50O6. The lowest BCUT2D eigenvalue weighted by Crippen LogP contribution is -2.31. The SMILES string of the molecule is C=C(C)c1ccccc1C(=C)CCC(CCC(=C)c1ccccc1C(=C)OC)(COC(=C)c1ccccc1C(=O)OC)Cc1ccccc1C(=O)OC.